The first kappa shape index (κ1) is 11.4. The number of aromatic nitrogens is 1. The van der Waals surface area contributed by atoms with E-state index in [1.54, 1.807) is 6.07 Å². The number of pyridine rings is 1. The molecule has 1 aliphatic heterocycles. The van der Waals surface area contributed by atoms with E-state index in [1.807, 2.05) is 4.90 Å². The van der Waals surface area contributed by atoms with Gasteiger partial charge in [-0.05, 0) is 18.6 Å². The van der Waals surface area contributed by atoms with Crippen molar-refractivity contribution < 1.29 is 14.7 Å². The van der Waals surface area contributed by atoms with Crippen LogP contribution in [0.4, 0.5) is 5.69 Å². The summed E-state index contributed by atoms with van der Waals surface area (Å²) >= 11 is 0. The number of rotatable bonds is 3. The number of aromatic carboxylic acids is 1. The van der Waals surface area contributed by atoms with Gasteiger partial charge >= 0.3 is 5.97 Å². The Bertz CT molecular complexity index is 444. The van der Waals surface area contributed by atoms with Gasteiger partial charge in [-0.2, -0.15) is 0 Å². The summed E-state index contributed by atoms with van der Waals surface area (Å²) in [7, 11) is 0. The van der Waals surface area contributed by atoms with Crippen LogP contribution in [0.25, 0.3) is 0 Å². The fraction of sp³-hybridized carbons (Fsp3) is 0.364. The van der Waals surface area contributed by atoms with Crippen molar-refractivity contribution in [1.82, 2.24) is 4.98 Å². The lowest BCUT2D eigenvalue weighted by atomic mass is 10.1. The van der Waals surface area contributed by atoms with E-state index in [0.717, 1.165) is 18.7 Å². The van der Waals surface area contributed by atoms with E-state index in [1.165, 1.54) is 12.3 Å². The second kappa shape index (κ2) is 4.40. The highest BCUT2D eigenvalue weighted by molar-refractivity contribution is 5.85. The SMILES string of the molecule is NC(=O)C1CCN(c2ccc(C(=O)O)nc2)C1. The lowest BCUT2D eigenvalue weighted by Gasteiger charge is -2.17. The second-order valence-corrected chi connectivity index (χ2v) is 4.04. The average Bonchev–Trinajstić information content (AvgIpc) is 2.78. The molecule has 2 heterocycles. The number of carboxylic acids is 1. The third kappa shape index (κ3) is 2.35. The highest BCUT2D eigenvalue weighted by atomic mass is 16.4. The van der Waals surface area contributed by atoms with Crippen LogP contribution in [-0.2, 0) is 4.79 Å². The Hall–Kier alpha value is -2.11. The molecule has 1 unspecified atom stereocenters. The zero-order valence-electron chi connectivity index (χ0n) is 9.17. The van der Waals surface area contributed by atoms with Crippen molar-refractivity contribution in [2.24, 2.45) is 11.7 Å². The minimum atomic E-state index is -1.05. The number of primary amides is 1. The summed E-state index contributed by atoms with van der Waals surface area (Å²) in [6, 6.07) is 3.15. The molecule has 1 aromatic rings. The van der Waals surface area contributed by atoms with Gasteiger partial charge in [0.05, 0.1) is 17.8 Å². The molecule has 90 valence electrons. The molecule has 2 rings (SSSR count). The van der Waals surface area contributed by atoms with Crippen LogP contribution < -0.4 is 10.6 Å². The minimum absolute atomic E-state index is 0.0133. The predicted octanol–water partition coefficient (Wildman–Crippen LogP) is 0.0914. The molecule has 3 N–H and O–H groups in total. The Morgan fingerprint density at radius 1 is 1.47 bits per heavy atom. The molecule has 1 aliphatic rings. The third-order valence-electron chi connectivity index (χ3n) is 2.92. The van der Waals surface area contributed by atoms with Gasteiger partial charge in [0.25, 0.3) is 0 Å². The van der Waals surface area contributed by atoms with Crippen molar-refractivity contribution in [1.29, 1.82) is 0 Å². The number of anilines is 1. The smallest absolute Gasteiger partial charge is 0.354 e. The van der Waals surface area contributed by atoms with Crippen molar-refractivity contribution in [3.8, 4) is 0 Å². The fourth-order valence-electron chi connectivity index (χ4n) is 1.93. The molecule has 0 spiro atoms. The molecule has 1 aromatic heterocycles. The van der Waals surface area contributed by atoms with Gasteiger partial charge in [-0.1, -0.05) is 0 Å². The molecular weight excluding hydrogens is 222 g/mol. The van der Waals surface area contributed by atoms with E-state index < -0.39 is 5.97 Å². The standard InChI is InChI=1S/C11H13N3O3/c12-10(15)7-3-4-14(6-7)8-1-2-9(11(16)17)13-5-8/h1-2,5,7H,3-4,6H2,(H2,12,15)(H,16,17). The van der Waals surface area contributed by atoms with E-state index in [4.69, 9.17) is 10.8 Å². The zero-order valence-corrected chi connectivity index (χ0v) is 9.17. The van der Waals surface area contributed by atoms with Crippen molar-refractivity contribution >= 4 is 17.6 Å². The maximum atomic E-state index is 11.0. The number of carbonyl (C=O) groups is 2. The van der Waals surface area contributed by atoms with Crippen molar-refractivity contribution in [3.63, 3.8) is 0 Å². The first-order valence-corrected chi connectivity index (χ1v) is 5.31. The molecule has 1 fully saturated rings. The number of hydrogen-bond donors (Lipinski definition) is 2. The van der Waals surface area contributed by atoms with Gasteiger partial charge in [0.2, 0.25) is 5.91 Å². The molecule has 0 aliphatic carbocycles. The highest BCUT2D eigenvalue weighted by Crippen LogP contribution is 2.22. The van der Waals surface area contributed by atoms with Crippen LogP contribution in [0.15, 0.2) is 18.3 Å². The Morgan fingerprint density at radius 3 is 2.71 bits per heavy atom. The van der Waals surface area contributed by atoms with Gasteiger partial charge in [-0.3, -0.25) is 4.79 Å². The van der Waals surface area contributed by atoms with Crippen LogP contribution in [-0.4, -0.2) is 35.1 Å². The second-order valence-electron chi connectivity index (χ2n) is 4.04. The van der Waals surface area contributed by atoms with Crippen LogP contribution >= 0.6 is 0 Å². The molecule has 0 aromatic carbocycles. The number of carboxylic acid groups (broad SMARTS) is 1. The van der Waals surface area contributed by atoms with Crippen LogP contribution in [0.2, 0.25) is 0 Å². The zero-order chi connectivity index (χ0) is 12.4. The van der Waals surface area contributed by atoms with Crippen LogP contribution in [0.3, 0.4) is 0 Å². The Labute approximate surface area is 98.1 Å². The van der Waals surface area contributed by atoms with Crippen molar-refractivity contribution in [3.05, 3.63) is 24.0 Å². The summed E-state index contributed by atoms with van der Waals surface area (Å²) in [6.07, 6.45) is 2.24. The molecule has 17 heavy (non-hydrogen) atoms. The molecule has 1 saturated heterocycles. The number of hydrogen-bond acceptors (Lipinski definition) is 4. The van der Waals surface area contributed by atoms with E-state index in [0.29, 0.717) is 6.54 Å². The van der Waals surface area contributed by atoms with Gasteiger partial charge < -0.3 is 15.7 Å². The van der Waals surface area contributed by atoms with Crippen LogP contribution in [0.1, 0.15) is 16.9 Å². The summed E-state index contributed by atoms with van der Waals surface area (Å²) in [5, 5.41) is 8.72. The molecule has 1 amide bonds. The summed E-state index contributed by atoms with van der Waals surface area (Å²) < 4.78 is 0. The monoisotopic (exact) mass is 235 g/mol. The summed E-state index contributed by atoms with van der Waals surface area (Å²) in [4.78, 5) is 27.5. The number of amides is 1. The highest BCUT2D eigenvalue weighted by Gasteiger charge is 2.26. The first-order valence-electron chi connectivity index (χ1n) is 5.31. The van der Waals surface area contributed by atoms with Gasteiger partial charge in [0.1, 0.15) is 5.69 Å². The molecule has 0 saturated carbocycles. The average molecular weight is 235 g/mol. The van der Waals surface area contributed by atoms with Gasteiger partial charge in [0.15, 0.2) is 0 Å². The number of nitrogens with zero attached hydrogens (tertiary/aromatic N) is 2. The fourth-order valence-corrected chi connectivity index (χ4v) is 1.93. The summed E-state index contributed by atoms with van der Waals surface area (Å²) in [6.45, 7) is 1.31. The largest absolute Gasteiger partial charge is 0.477 e. The van der Waals surface area contributed by atoms with Gasteiger partial charge in [-0.15, -0.1) is 0 Å². The van der Waals surface area contributed by atoms with E-state index in [9.17, 15) is 9.59 Å². The lowest BCUT2D eigenvalue weighted by Crippen LogP contribution is -2.27. The Morgan fingerprint density at radius 2 is 2.24 bits per heavy atom. The predicted molar refractivity (Wildman–Crippen MR) is 60.7 cm³/mol. The third-order valence-corrected chi connectivity index (χ3v) is 2.92. The van der Waals surface area contributed by atoms with Gasteiger partial charge in [-0.25, -0.2) is 9.78 Å². The van der Waals surface area contributed by atoms with Crippen molar-refractivity contribution in [2.45, 2.75) is 6.42 Å². The summed E-state index contributed by atoms with van der Waals surface area (Å²) in [5.41, 5.74) is 6.07. The topological polar surface area (TPSA) is 96.5 Å². The summed E-state index contributed by atoms with van der Waals surface area (Å²) in [5.74, 6) is -1.47. The molecular formula is C11H13N3O3. The molecule has 0 bridgehead atoms. The first-order chi connectivity index (χ1) is 8.08. The Kier molecular flexibility index (Phi) is 2.95. The Balaban J connectivity index is 2.09. The quantitative estimate of drug-likeness (QED) is 0.774. The number of carbonyl (C=O) groups excluding carboxylic acids is 1. The van der Waals surface area contributed by atoms with Gasteiger partial charge in [0, 0.05) is 13.1 Å². The van der Waals surface area contributed by atoms with E-state index in [-0.39, 0.29) is 17.5 Å². The number of nitrogens with two attached hydrogens (primary N) is 1. The molecule has 1 atom stereocenters. The molecule has 6 nitrogen and oxygen atoms in total. The minimum Gasteiger partial charge on any atom is -0.477 e. The molecule has 6 heteroatoms. The maximum absolute atomic E-state index is 11.0. The maximum Gasteiger partial charge on any atom is 0.354 e. The van der Waals surface area contributed by atoms with E-state index in [2.05, 4.69) is 4.98 Å². The normalized spacial score (nSPS) is 19.3. The van der Waals surface area contributed by atoms with E-state index >= 15 is 0 Å². The van der Waals surface area contributed by atoms with Crippen LogP contribution in [0, 0.1) is 5.92 Å². The molecule has 0 radical (unpaired) electrons. The van der Waals surface area contributed by atoms with Crippen molar-refractivity contribution in [2.75, 3.05) is 18.0 Å². The van der Waals surface area contributed by atoms with Crippen LogP contribution in [0.5, 0.6) is 0 Å². The lowest BCUT2D eigenvalue weighted by molar-refractivity contribution is -0.121.